The summed E-state index contributed by atoms with van der Waals surface area (Å²) in [5, 5.41) is 10.5. The zero-order chi connectivity index (χ0) is 16.7. The molecule has 1 aromatic heterocycles. The first kappa shape index (κ1) is 16.9. The van der Waals surface area contributed by atoms with Crippen molar-refractivity contribution in [3.05, 3.63) is 24.2 Å². The van der Waals surface area contributed by atoms with Gasteiger partial charge < -0.3 is 25.7 Å². The minimum atomic E-state index is -0.675. The van der Waals surface area contributed by atoms with E-state index in [1.807, 2.05) is 0 Å². The van der Waals surface area contributed by atoms with Crippen LogP contribution in [-0.2, 0) is 16.1 Å². The molecule has 0 radical (unpaired) electrons. The van der Waals surface area contributed by atoms with Gasteiger partial charge in [0.15, 0.2) is 0 Å². The number of amides is 4. The Balaban J connectivity index is 1.55. The van der Waals surface area contributed by atoms with Crippen molar-refractivity contribution < 1.29 is 18.8 Å². The number of nitrogens with one attached hydrogen (secondary N) is 4. The SMILES string of the molecule is C[C@@H](NC(=O)NCCNC(=O)C1CC1)C(=O)NCc1ccco1. The topological polar surface area (TPSA) is 112 Å². The summed E-state index contributed by atoms with van der Waals surface area (Å²) < 4.78 is 5.10. The van der Waals surface area contributed by atoms with E-state index < -0.39 is 12.1 Å². The highest BCUT2D eigenvalue weighted by Crippen LogP contribution is 2.28. The molecule has 2 rings (SSSR count). The second kappa shape index (κ2) is 8.21. The van der Waals surface area contributed by atoms with E-state index >= 15 is 0 Å². The third kappa shape index (κ3) is 6.01. The first-order valence-electron chi connectivity index (χ1n) is 7.68. The number of hydrogen-bond donors (Lipinski definition) is 4. The molecule has 4 amide bonds. The van der Waals surface area contributed by atoms with Gasteiger partial charge in [-0.15, -0.1) is 0 Å². The van der Waals surface area contributed by atoms with Crippen LogP contribution in [0, 0.1) is 5.92 Å². The van der Waals surface area contributed by atoms with Gasteiger partial charge in [0.25, 0.3) is 0 Å². The second-order valence-corrected chi connectivity index (χ2v) is 5.48. The highest BCUT2D eigenvalue weighted by molar-refractivity contribution is 5.86. The maximum Gasteiger partial charge on any atom is 0.315 e. The van der Waals surface area contributed by atoms with Gasteiger partial charge in [0.1, 0.15) is 11.8 Å². The van der Waals surface area contributed by atoms with Gasteiger partial charge in [0.05, 0.1) is 12.8 Å². The molecule has 8 nitrogen and oxygen atoms in total. The Hall–Kier alpha value is -2.51. The number of carbonyl (C=O) groups excluding carboxylic acids is 3. The van der Waals surface area contributed by atoms with Gasteiger partial charge in [-0.3, -0.25) is 9.59 Å². The summed E-state index contributed by atoms with van der Waals surface area (Å²) in [7, 11) is 0. The van der Waals surface area contributed by atoms with Gasteiger partial charge in [-0.2, -0.15) is 0 Å². The van der Waals surface area contributed by atoms with Gasteiger partial charge in [-0.05, 0) is 31.9 Å². The zero-order valence-corrected chi connectivity index (χ0v) is 13.1. The first-order valence-corrected chi connectivity index (χ1v) is 7.68. The molecule has 1 aliphatic rings. The molecule has 1 fully saturated rings. The minimum absolute atomic E-state index is 0.0397. The molecule has 1 saturated carbocycles. The van der Waals surface area contributed by atoms with Crippen molar-refractivity contribution in [3.63, 3.8) is 0 Å². The summed E-state index contributed by atoms with van der Waals surface area (Å²) in [5.41, 5.74) is 0. The van der Waals surface area contributed by atoms with E-state index in [1.54, 1.807) is 19.1 Å². The lowest BCUT2D eigenvalue weighted by Crippen LogP contribution is -2.49. The fourth-order valence-corrected chi connectivity index (χ4v) is 1.91. The average molecular weight is 322 g/mol. The number of urea groups is 1. The fraction of sp³-hybridized carbons (Fsp3) is 0.533. The smallest absolute Gasteiger partial charge is 0.315 e. The van der Waals surface area contributed by atoms with Crippen LogP contribution in [0.3, 0.4) is 0 Å². The lowest BCUT2D eigenvalue weighted by Gasteiger charge is -2.14. The summed E-state index contributed by atoms with van der Waals surface area (Å²) in [6.07, 6.45) is 3.42. The predicted molar refractivity (Wildman–Crippen MR) is 82.3 cm³/mol. The molecule has 126 valence electrons. The van der Waals surface area contributed by atoms with Crippen molar-refractivity contribution in [2.75, 3.05) is 13.1 Å². The molecule has 0 spiro atoms. The molecule has 4 N–H and O–H groups in total. The molecule has 0 unspecified atom stereocenters. The van der Waals surface area contributed by atoms with Gasteiger partial charge in [-0.25, -0.2) is 4.79 Å². The van der Waals surface area contributed by atoms with Crippen LogP contribution in [-0.4, -0.2) is 37.0 Å². The molecular formula is C15H22N4O4. The van der Waals surface area contributed by atoms with Crippen LogP contribution in [0.4, 0.5) is 4.79 Å². The van der Waals surface area contributed by atoms with Crippen LogP contribution >= 0.6 is 0 Å². The largest absolute Gasteiger partial charge is 0.467 e. The van der Waals surface area contributed by atoms with Crippen LogP contribution in [0.1, 0.15) is 25.5 Å². The molecular weight excluding hydrogens is 300 g/mol. The summed E-state index contributed by atoms with van der Waals surface area (Å²) in [5.74, 6) is 0.527. The maximum atomic E-state index is 11.8. The maximum absolute atomic E-state index is 11.8. The first-order chi connectivity index (χ1) is 11.1. The predicted octanol–water partition coefficient (Wildman–Crippen LogP) is 0.110. The number of carbonyl (C=O) groups is 3. The Morgan fingerprint density at radius 3 is 2.61 bits per heavy atom. The summed E-state index contributed by atoms with van der Waals surface area (Å²) in [4.78, 5) is 34.9. The van der Waals surface area contributed by atoms with Crippen LogP contribution in [0.2, 0.25) is 0 Å². The van der Waals surface area contributed by atoms with Crippen molar-refractivity contribution in [3.8, 4) is 0 Å². The van der Waals surface area contributed by atoms with Crippen LogP contribution in [0.15, 0.2) is 22.8 Å². The number of furan rings is 1. The third-order valence-electron chi connectivity index (χ3n) is 3.42. The van der Waals surface area contributed by atoms with Gasteiger partial charge in [0, 0.05) is 19.0 Å². The molecule has 1 aromatic rings. The molecule has 1 heterocycles. The Morgan fingerprint density at radius 1 is 1.22 bits per heavy atom. The molecule has 1 aliphatic carbocycles. The Kier molecular flexibility index (Phi) is 6.02. The van der Waals surface area contributed by atoms with Crippen molar-refractivity contribution in [1.82, 2.24) is 21.3 Å². The lowest BCUT2D eigenvalue weighted by atomic mass is 10.3. The molecule has 0 aliphatic heterocycles. The van der Waals surface area contributed by atoms with Gasteiger partial charge in [-0.1, -0.05) is 0 Å². The van der Waals surface area contributed by atoms with E-state index in [1.165, 1.54) is 6.26 Å². The van der Waals surface area contributed by atoms with Crippen LogP contribution < -0.4 is 21.3 Å². The van der Waals surface area contributed by atoms with Crippen LogP contribution in [0.25, 0.3) is 0 Å². The van der Waals surface area contributed by atoms with Crippen molar-refractivity contribution >= 4 is 17.8 Å². The summed E-state index contributed by atoms with van der Waals surface area (Å²) >= 11 is 0. The quantitative estimate of drug-likeness (QED) is 0.509. The van der Waals surface area contributed by atoms with E-state index in [-0.39, 0.29) is 24.3 Å². The molecule has 23 heavy (non-hydrogen) atoms. The van der Waals surface area contributed by atoms with E-state index in [4.69, 9.17) is 4.42 Å². The zero-order valence-electron chi connectivity index (χ0n) is 13.1. The average Bonchev–Trinajstić information content (AvgIpc) is 3.25. The van der Waals surface area contributed by atoms with E-state index in [0.29, 0.717) is 18.8 Å². The molecule has 8 heteroatoms. The summed E-state index contributed by atoms with van der Waals surface area (Å²) in [6.45, 7) is 2.55. The van der Waals surface area contributed by atoms with E-state index in [2.05, 4.69) is 21.3 Å². The highest BCUT2D eigenvalue weighted by atomic mass is 16.3. The summed E-state index contributed by atoms with van der Waals surface area (Å²) in [6, 6.07) is 2.36. The molecule has 0 bridgehead atoms. The van der Waals surface area contributed by atoms with Gasteiger partial charge >= 0.3 is 6.03 Å². The minimum Gasteiger partial charge on any atom is -0.467 e. The second-order valence-electron chi connectivity index (χ2n) is 5.48. The van der Waals surface area contributed by atoms with Crippen LogP contribution in [0.5, 0.6) is 0 Å². The van der Waals surface area contributed by atoms with Crippen molar-refractivity contribution in [1.29, 1.82) is 0 Å². The molecule has 1 atom stereocenters. The van der Waals surface area contributed by atoms with Crippen molar-refractivity contribution in [2.45, 2.75) is 32.4 Å². The third-order valence-corrected chi connectivity index (χ3v) is 3.42. The van der Waals surface area contributed by atoms with E-state index in [9.17, 15) is 14.4 Å². The van der Waals surface area contributed by atoms with E-state index in [0.717, 1.165) is 12.8 Å². The fourth-order valence-electron chi connectivity index (χ4n) is 1.91. The molecule has 0 saturated heterocycles. The Bertz CT molecular complexity index is 540. The number of hydrogen-bond acceptors (Lipinski definition) is 4. The Morgan fingerprint density at radius 2 is 1.96 bits per heavy atom. The lowest BCUT2D eigenvalue weighted by molar-refractivity contribution is -0.123. The number of rotatable bonds is 8. The monoisotopic (exact) mass is 322 g/mol. The Labute approximate surface area is 134 Å². The molecule has 0 aromatic carbocycles. The van der Waals surface area contributed by atoms with Gasteiger partial charge in [0.2, 0.25) is 11.8 Å². The standard InChI is InChI=1S/C15H22N4O4/c1-10(13(20)18-9-12-3-2-8-23-12)19-15(22)17-7-6-16-14(21)11-4-5-11/h2-3,8,10-11H,4-7,9H2,1H3,(H,16,21)(H,18,20)(H2,17,19,22)/t10-/m1/s1. The highest BCUT2D eigenvalue weighted by Gasteiger charge is 2.29. The normalized spacial score (nSPS) is 14.7. The van der Waals surface area contributed by atoms with Crippen molar-refractivity contribution in [2.24, 2.45) is 5.92 Å².